The molecule has 0 aliphatic carbocycles. The van der Waals surface area contributed by atoms with Crippen LogP contribution in [0.3, 0.4) is 0 Å². The van der Waals surface area contributed by atoms with Crippen molar-refractivity contribution in [3.05, 3.63) is 42.4 Å². The van der Waals surface area contributed by atoms with E-state index in [4.69, 9.17) is 0 Å². The summed E-state index contributed by atoms with van der Waals surface area (Å²) in [5.41, 5.74) is 5.87. The van der Waals surface area contributed by atoms with E-state index in [0.717, 1.165) is 19.6 Å². The van der Waals surface area contributed by atoms with E-state index in [2.05, 4.69) is 43.3 Å². The van der Waals surface area contributed by atoms with Gasteiger partial charge in [-0.15, -0.1) is 7.05 Å². The van der Waals surface area contributed by atoms with E-state index >= 15 is 0 Å². The van der Waals surface area contributed by atoms with Gasteiger partial charge in [0.1, 0.15) is 5.69 Å². The second-order valence-electron chi connectivity index (χ2n) is 4.86. The van der Waals surface area contributed by atoms with Crippen molar-refractivity contribution in [2.75, 3.05) is 26.7 Å². The first-order chi connectivity index (χ1) is 7.75. The largest absolute Gasteiger partial charge is 0.434 e. The summed E-state index contributed by atoms with van der Waals surface area (Å²) in [6, 6.07) is 6.65. The summed E-state index contributed by atoms with van der Waals surface area (Å²) < 4.78 is 0. The van der Waals surface area contributed by atoms with Crippen LogP contribution < -0.4 is 4.90 Å². The SMILES string of the molecule is [CH2-][NH+]1CCc2c(C3=CCN(C)C3)cccc21. The molecule has 0 bridgehead atoms. The lowest BCUT2D eigenvalue weighted by atomic mass is 9.98. The van der Waals surface area contributed by atoms with Gasteiger partial charge in [0.15, 0.2) is 0 Å². The van der Waals surface area contributed by atoms with Crippen LogP contribution in [0.15, 0.2) is 24.3 Å². The minimum atomic E-state index is 1.08. The molecule has 0 amide bonds. The molecule has 0 saturated heterocycles. The second kappa shape index (κ2) is 3.72. The molecule has 1 aromatic carbocycles. The molecular formula is C14H18N2. The molecule has 1 unspecified atom stereocenters. The normalized spacial score (nSPS) is 24.6. The number of nitrogens with zero attached hydrogens (tertiary/aromatic N) is 1. The number of quaternary nitrogens is 1. The zero-order valence-electron chi connectivity index (χ0n) is 9.79. The van der Waals surface area contributed by atoms with E-state index in [1.54, 1.807) is 0 Å². The monoisotopic (exact) mass is 214 g/mol. The molecule has 0 spiro atoms. The Labute approximate surface area is 97.2 Å². The number of rotatable bonds is 1. The molecule has 1 N–H and O–H groups in total. The molecule has 1 aromatic rings. The van der Waals surface area contributed by atoms with E-state index in [0.29, 0.717) is 0 Å². The summed E-state index contributed by atoms with van der Waals surface area (Å²) >= 11 is 0. The van der Waals surface area contributed by atoms with Gasteiger partial charge in [0, 0.05) is 25.1 Å². The number of nitrogens with one attached hydrogen (secondary N) is 1. The summed E-state index contributed by atoms with van der Waals surface area (Å²) in [7, 11) is 6.32. The van der Waals surface area contributed by atoms with Gasteiger partial charge >= 0.3 is 0 Å². The fraction of sp³-hybridized carbons (Fsp3) is 0.357. The Balaban J connectivity index is 2.03. The first-order valence-electron chi connectivity index (χ1n) is 5.93. The summed E-state index contributed by atoms with van der Waals surface area (Å²) in [5.74, 6) is 0. The van der Waals surface area contributed by atoms with E-state index < -0.39 is 0 Å². The van der Waals surface area contributed by atoms with Gasteiger partial charge < -0.3 is 4.90 Å². The Kier molecular flexibility index (Phi) is 2.34. The van der Waals surface area contributed by atoms with Crippen LogP contribution in [0, 0.1) is 7.05 Å². The van der Waals surface area contributed by atoms with Gasteiger partial charge in [-0.1, -0.05) is 18.2 Å². The van der Waals surface area contributed by atoms with E-state index in [9.17, 15) is 0 Å². The molecule has 2 nitrogen and oxygen atoms in total. The molecule has 2 heterocycles. The van der Waals surface area contributed by atoms with Gasteiger partial charge in [-0.2, -0.15) is 0 Å². The first kappa shape index (κ1) is 10.1. The summed E-state index contributed by atoms with van der Waals surface area (Å²) in [6.07, 6.45) is 3.53. The maximum absolute atomic E-state index is 4.15. The summed E-state index contributed by atoms with van der Waals surface area (Å²) in [5, 5.41) is 0. The number of hydrogen-bond acceptors (Lipinski definition) is 1. The van der Waals surface area contributed by atoms with Crippen LogP contribution in [0.2, 0.25) is 0 Å². The standard InChI is InChI=1S/C14H18N2/c1-15-8-6-11(10-15)12-4-3-5-14-13(12)7-9-16(14)2/h3-6,16H,2,7-10H2,1H3. The maximum Gasteiger partial charge on any atom is 0.109 e. The lowest BCUT2D eigenvalue weighted by Crippen LogP contribution is -3.00. The predicted octanol–water partition coefficient (Wildman–Crippen LogP) is 0.879. The molecule has 0 aromatic heterocycles. The molecule has 2 aliphatic rings. The Morgan fingerprint density at radius 2 is 2.25 bits per heavy atom. The van der Waals surface area contributed by atoms with Crippen molar-refractivity contribution in [2.45, 2.75) is 6.42 Å². The Morgan fingerprint density at radius 1 is 1.38 bits per heavy atom. The molecule has 1 atom stereocenters. The van der Waals surface area contributed by atoms with Crippen molar-refractivity contribution >= 4 is 11.3 Å². The van der Waals surface area contributed by atoms with Gasteiger partial charge in [0.25, 0.3) is 0 Å². The summed E-state index contributed by atoms with van der Waals surface area (Å²) in [4.78, 5) is 3.65. The number of benzene rings is 1. The van der Waals surface area contributed by atoms with Crippen molar-refractivity contribution in [1.29, 1.82) is 0 Å². The van der Waals surface area contributed by atoms with E-state index in [1.807, 2.05) is 0 Å². The first-order valence-corrected chi connectivity index (χ1v) is 5.93. The van der Waals surface area contributed by atoms with Crippen molar-refractivity contribution in [3.8, 4) is 0 Å². The van der Waals surface area contributed by atoms with Crippen molar-refractivity contribution in [2.24, 2.45) is 0 Å². The molecule has 0 saturated carbocycles. The molecule has 0 fully saturated rings. The molecule has 3 rings (SSSR count). The second-order valence-corrected chi connectivity index (χ2v) is 4.86. The molecular weight excluding hydrogens is 196 g/mol. The Bertz CT molecular complexity index is 448. The highest BCUT2D eigenvalue weighted by Crippen LogP contribution is 2.29. The number of fused-ring (bicyclic) bond motifs is 1. The fourth-order valence-electron chi connectivity index (χ4n) is 2.78. The van der Waals surface area contributed by atoms with Crippen molar-refractivity contribution < 1.29 is 4.90 Å². The average Bonchev–Trinajstić information content (AvgIpc) is 2.86. The van der Waals surface area contributed by atoms with Crippen molar-refractivity contribution in [3.63, 3.8) is 0 Å². The fourth-order valence-corrected chi connectivity index (χ4v) is 2.78. The third-order valence-corrected chi connectivity index (χ3v) is 3.67. The minimum Gasteiger partial charge on any atom is -0.434 e. The van der Waals surface area contributed by atoms with Gasteiger partial charge in [0.2, 0.25) is 0 Å². The number of likely N-dealkylation sites (N-methyl/N-ethyl adjacent to an activating group) is 1. The van der Waals surface area contributed by atoms with Gasteiger partial charge in [-0.3, -0.25) is 4.90 Å². The maximum atomic E-state index is 4.15. The quantitative estimate of drug-likeness (QED) is 0.682. The molecule has 2 aliphatic heterocycles. The van der Waals surface area contributed by atoms with Gasteiger partial charge in [-0.25, -0.2) is 0 Å². The summed E-state index contributed by atoms with van der Waals surface area (Å²) in [6.45, 7) is 3.30. The zero-order valence-corrected chi connectivity index (χ0v) is 9.79. The Hall–Kier alpha value is -1.12. The lowest BCUT2D eigenvalue weighted by Gasteiger charge is -2.14. The van der Waals surface area contributed by atoms with E-state index in [-0.39, 0.29) is 0 Å². The zero-order chi connectivity index (χ0) is 11.1. The van der Waals surface area contributed by atoms with Crippen LogP contribution in [0.4, 0.5) is 5.69 Å². The molecule has 84 valence electrons. The van der Waals surface area contributed by atoms with Gasteiger partial charge in [0.05, 0.1) is 6.54 Å². The smallest absolute Gasteiger partial charge is 0.109 e. The third kappa shape index (κ3) is 1.49. The predicted molar refractivity (Wildman–Crippen MR) is 66.5 cm³/mol. The van der Waals surface area contributed by atoms with Crippen LogP contribution in [-0.4, -0.2) is 31.6 Å². The topological polar surface area (TPSA) is 7.68 Å². The van der Waals surface area contributed by atoms with Crippen LogP contribution >= 0.6 is 0 Å². The minimum absolute atomic E-state index is 1.08. The van der Waals surface area contributed by atoms with Crippen LogP contribution in [-0.2, 0) is 6.42 Å². The Morgan fingerprint density at radius 3 is 3.00 bits per heavy atom. The van der Waals surface area contributed by atoms with Crippen molar-refractivity contribution in [1.82, 2.24) is 4.90 Å². The lowest BCUT2D eigenvalue weighted by molar-refractivity contribution is -0.775. The average molecular weight is 214 g/mol. The van der Waals surface area contributed by atoms with Gasteiger partial charge in [-0.05, 0) is 24.3 Å². The highest BCUT2D eigenvalue weighted by Gasteiger charge is 2.23. The highest BCUT2D eigenvalue weighted by molar-refractivity contribution is 5.74. The molecule has 16 heavy (non-hydrogen) atoms. The third-order valence-electron chi connectivity index (χ3n) is 3.67. The van der Waals surface area contributed by atoms with Crippen LogP contribution in [0.25, 0.3) is 5.57 Å². The number of hydrogen-bond donors (Lipinski definition) is 1. The molecule has 0 radical (unpaired) electrons. The van der Waals surface area contributed by atoms with Crippen LogP contribution in [0.5, 0.6) is 0 Å². The van der Waals surface area contributed by atoms with E-state index in [1.165, 1.54) is 33.7 Å². The highest BCUT2D eigenvalue weighted by atomic mass is 15.1. The van der Waals surface area contributed by atoms with Crippen LogP contribution in [0.1, 0.15) is 11.1 Å². The molecule has 2 heteroatoms.